The zero-order chi connectivity index (χ0) is 21.1. The molecule has 2 amide bonds. The number of esters is 1. The Morgan fingerprint density at radius 3 is 2.31 bits per heavy atom. The van der Waals surface area contributed by atoms with Crippen molar-refractivity contribution < 1.29 is 19.1 Å². The van der Waals surface area contributed by atoms with E-state index in [2.05, 4.69) is 11.9 Å². The maximum absolute atomic E-state index is 12.5. The lowest BCUT2D eigenvalue weighted by Crippen LogP contribution is -2.32. The van der Waals surface area contributed by atoms with Gasteiger partial charge in [-0.3, -0.25) is 14.4 Å². The van der Waals surface area contributed by atoms with E-state index in [4.69, 9.17) is 4.74 Å². The second-order valence-electron chi connectivity index (χ2n) is 7.09. The summed E-state index contributed by atoms with van der Waals surface area (Å²) in [5, 5.41) is 2.81. The van der Waals surface area contributed by atoms with Crippen molar-refractivity contribution in [2.45, 2.75) is 33.3 Å². The molecule has 0 bridgehead atoms. The molecule has 1 atom stereocenters. The van der Waals surface area contributed by atoms with Crippen LogP contribution in [0.2, 0.25) is 0 Å². The molecule has 6 heteroatoms. The summed E-state index contributed by atoms with van der Waals surface area (Å²) in [6.07, 6.45) is -0.976. The largest absolute Gasteiger partial charge is 0.452 e. The van der Waals surface area contributed by atoms with Crippen LogP contribution in [0.5, 0.6) is 0 Å². The minimum atomic E-state index is -0.948. The molecule has 2 aromatic rings. The number of para-hydroxylation sites is 1. The maximum Gasteiger partial charge on any atom is 0.308 e. The van der Waals surface area contributed by atoms with Crippen molar-refractivity contribution in [1.82, 2.24) is 4.90 Å². The molecule has 2 aromatic carbocycles. The van der Waals surface area contributed by atoms with Crippen LogP contribution in [0.3, 0.4) is 0 Å². The smallest absolute Gasteiger partial charge is 0.308 e. The Balaban J connectivity index is 1.54. The van der Waals surface area contributed by atoms with Crippen LogP contribution in [0.1, 0.15) is 40.4 Å². The van der Waals surface area contributed by atoms with Crippen molar-refractivity contribution in [3.05, 3.63) is 71.3 Å². The molecule has 0 fully saturated rings. The van der Waals surface area contributed by atoms with Crippen LogP contribution in [-0.4, -0.2) is 35.3 Å². The van der Waals surface area contributed by atoms with Gasteiger partial charge in [-0.1, -0.05) is 43.0 Å². The predicted octanol–water partition coefficient (Wildman–Crippen LogP) is 3.69. The van der Waals surface area contributed by atoms with E-state index in [0.717, 1.165) is 22.4 Å². The maximum atomic E-state index is 12.5. The molecule has 0 aromatic heterocycles. The highest BCUT2D eigenvalue weighted by Gasteiger charge is 2.31. The normalized spacial score (nSPS) is 13.8. The summed E-state index contributed by atoms with van der Waals surface area (Å²) >= 11 is 0. The number of ether oxygens (including phenoxy) is 1. The Bertz CT molecular complexity index is 941. The first-order chi connectivity index (χ1) is 13.8. The number of aryl methyl sites for hydroxylation is 2. The first-order valence-corrected chi connectivity index (χ1v) is 9.46. The minimum absolute atomic E-state index is 0.0280. The van der Waals surface area contributed by atoms with Crippen LogP contribution >= 0.6 is 0 Å². The second-order valence-corrected chi connectivity index (χ2v) is 7.09. The number of rotatable bonds is 6. The fraction of sp³-hybridized carbons (Fsp3) is 0.261. The lowest BCUT2D eigenvalue weighted by atomic mass is 10.1. The van der Waals surface area contributed by atoms with Gasteiger partial charge in [0.1, 0.15) is 0 Å². The number of anilines is 1. The van der Waals surface area contributed by atoms with Gasteiger partial charge in [0.15, 0.2) is 6.10 Å². The summed E-state index contributed by atoms with van der Waals surface area (Å²) in [4.78, 5) is 38.5. The van der Waals surface area contributed by atoms with Crippen LogP contribution in [0, 0.1) is 13.8 Å². The molecule has 0 spiro atoms. The van der Waals surface area contributed by atoms with E-state index < -0.39 is 18.0 Å². The number of nitrogens with zero attached hydrogens (tertiary/aromatic N) is 1. The highest BCUT2D eigenvalue weighted by Crippen LogP contribution is 2.31. The standard InChI is InChI=1S/C23H24N2O4/c1-14-8-7-9-15(2)21(14)24-22(27)17(4)29-20(26)12-13-25-16(3)18-10-5-6-11-19(18)23(25)28/h5-11,17H,3,12-13H2,1-2,4H3,(H,24,27). The third-order valence-corrected chi connectivity index (χ3v) is 4.99. The van der Waals surface area contributed by atoms with Crippen molar-refractivity contribution in [3.8, 4) is 0 Å². The van der Waals surface area contributed by atoms with E-state index in [1.165, 1.54) is 11.8 Å². The van der Waals surface area contributed by atoms with E-state index in [0.29, 0.717) is 11.3 Å². The van der Waals surface area contributed by atoms with Crippen LogP contribution in [0.15, 0.2) is 49.0 Å². The molecule has 150 valence electrons. The van der Waals surface area contributed by atoms with Crippen LogP contribution in [-0.2, 0) is 14.3 Å². The van der Waals surface area contributed by atoms with Gasteiger partial charge in [-0.25, -0.2) is 0 Å². The number of carbonyl (C=O) groups excluding carboxylic acids is 3. The molecule has 1 aliphatic rings. The fourth-order valence-electron chi connectivity index (χ4n) is 3.32. The Kier molecular flexibility index (Phi) is 5.82. The number of amides is 2. The summed E-state index contributed by atoms with van der Waals surface area (Å²) in [7, 11) is 0. The van der Waals surface area contributed by atoms with E-state index >= 15 is 0 Å². The van der Waals surface area contributed by atoms with Crippen molar-refractivity contribution in [1.29, 1.82) is 0 Å². The monoisotopic (exact) mass is 392 g/mol. The summed E-state index contributed by atoms with van der Waals surface area (Å²) < 4.78 is 5.25. The number of hydrogen-bond acceptors (Lipinski definition) is 4. The van der Waals surface area contributed by atoms with Crippen LogP contribution in [0.25, 0.3) is 5.70 Å². The van der Waals surface area contributed by atoms with E-state index in [1.54, 1.807) is 12.1 Å². The topological polar surface area (TPSA) is 75.7 Å². The second kappa shape index (κ2) is 8.31. The van der Waals surface area contributed by atoms with Crippen molar-refractivity contribution >= 4 is 29.2 Å². The number of fused-ring (bicyclic) bond motifs is 1. The first-order valence-electron chi connectivity index (χ1n) is 9.46. The molecule has 0 aliphatic carbocycles. The van der Waals surface area contributed by atoms with Gasteiger partial charge in [-0.2, -0.15) is 0 Å². The van der Waals surface area contributed by atoms with Gasteiger partial charge >= 0.3 is 5.97 Å². The fourth-order valence-corrected chi connectivity index (χ4v) is 3.32. The average molecular weight is 392 g/mol. The highest BCUT2D eigenvalue weighted by atomic mass is 16.5. The summed E-state index contributed by atoms with van der Waals surface area (Å²) in [6, 6.07) is 12.9. The van der Waals surface area contributed by atoms with Gasteiger partial charge in [-0.15, -0.1) is 0 Å². The van der Waals surface area contributed by atoms with Gasteiger partial charge in [0, 0.05) is 29.1 Å². The SMILES string of the molecule is C=C1c2ccccc2C(=O)N1CCC(=O)OC(C)C(=O)Nc1c(C)cccc1C. The summed E-state index contributed by atoms with van der Waals surface area (Å²) in [6.45, 7) is 9.42. The molecule has 0 saturated heterocycles. The molecular formula is C23H24N2O4. The van der Waals surface area contributed by atoms with Crippen molar-refractivity contribution in [2.75, 3.05) is 11.9 Å². The van der Waals surface area contributed by atoms with Crippen molar-refractivity contribution in [3.63, 3.8) is 0 Å². The molecule has 6 nitrogen and oxygen atoms in total. The Hall–Kier alpha value is -3.41. The molecule has 1 N–H and O–H groups in total. The first kappa shape index (κ1) is 20.3. The number of nitrogens with one attached hydrogen (secondary N) is 1. The molecule has 1 aliphatic heterocycles. The van der Waals surface area contributed by atoms with E-state index in [-0.39, 0.29) is 18.9 Å². The molecule has 1 unspecified atom stereocenters. The van der Waals surface area contributed by atoms with Gasteiger partial charge in [0.25, 0.3) is 11.8 Å². The Labute approximate surface area is 170 Å². The molecule has 1 heterocycles. The number of carbonyl (C=O) groups is 3. The van der Waals surface area contributed by atoms with Gasteiger partial charge in [0.2, 0.25) is 0 Å². The third-order valence-electron chi connectivity index (χ3n) is 4.99. The lowest BCUT2D eigenvalue weighted by molar-refractivity contribution is -0.153. The number of hydrogen-bond donors (Lipinski definition) is 1. The average Bonchev–Trinajstić information content (AvgIpc) is 2.93. The molecule has 29 heavy (non-hydrogen) atoms. The zero-order valence-corrected chi connectivity index (χ0v) is 16.8. The summed E-state index contributed by atoms with van der Waals surface area (Å²) in [5.41, 5.74) is 4.50. The van der Waals surface area contributed by atoms with Gasteiger partial charge < -0.3 is 15.0 Å². The quantitative estimate of drug-likeness (QED) is 0.761. The number of benzene rings is 2. The molecular weight excluding hydrogens is 368 g/mol. The van der Waals surface area contributed by atoms with Crippen molar-refractivity contribution in [2.24, 2.45) is 0 Å². The molecule has 3 rings (SSSR count). The van der Waals surface area contributed by atoms with Crippen LogP contribution in [0.4, 0.5) is 5.69 Å². The van der Waals surface area contributed by atoms with Crippen LogP contribution < -0.4 is 5.32 Å². The predicted molar refractivity (Wildman–Crippen MR) is 111 cm³/mol. The molecule has 0 saturated carbocycles. The van der Waals surface area contributed by atoms with Gasteiger partial charge in [-0.05, 0) is 38.0 Å². The lowest BCUT2D eigenvalue weighted by Gasteiger charge is -2.19. The highest BCUT2D eigenvalue weighted by molar-refractivity contribution is 6.08. The van der Waals surface area contributed by atoms with E-state index in [9.17, 15) is 14.4 Å². The van der Waals surface area contributed by atoms with E-state index in [1.807, 2.05) is 44.2 Å². The summed E-state index contributed by atoms with van der Waals surface area (Å²) in [5.74, 6) is -1.13. The minimum Gasteiger partial charge on any atom is -0.452 e. The van der Waals surface area contributed by atoms with Gasteiger partial charge in [0.05, 0.1) is 6.42 Å². The molecule has 0 radical (unpaired) electrons. The third kappa shape index (κ3) is 4.21. The Morgan fingerprint density at radius 1 is 1.07 bits per heavy atom. The Morgan fingerprint density at radius 2 is 1.69 bits per heavy atom. The zero-order valence-electron chi connectivity index (χ0n) is 16.8.